The molecule has 260 valence electrons. The Bertz CT molecular complexity index is 1940. The summed E-state index contributed by atoms with van der Waals surface area (Å²) in [6, 6.07) is 23.1. The third kappa shape index (κ3) is 8.70. The quantitative estimate of drug-likeness (QED) is 0.124. The number of ether oxygens (including phenoxy) is 4. The third-order valence-electron chi connectivity index (χ3n) is 7.42. The molecule has 2 heterocycles. The van der Waals surface area contributed by atoms with Crippen LogP contribution in [0.2, 0.25) is 0 Å². The molecule has 3 aromatic carbocycles. The molecule has 1 unspecified atom stereocenters. The number of carbonyl (C=O) groups excluding carboxylic acids is 1. The van der Waals surface area contributed by atoms with Gasteiger partial charge in [0.25, 0.3) is 17.1 Å². The highest BCUT2D eigenvalue weighted by Crippen LogP contribution is 2.44. The standard InChI is InChI=1S/C36H38N6O7S/c1-36(2,3)25-15-17-26(18-16-25)42(50(44)45)34-31(49-29-14-9-8-13-28(29)47-5)35(41-33(40-34)32-37-20-10-21-38-32)48-22-19-30(43)39-23-24-11-6-7-12-27(24)46-4/h6-18,20-21H,19,22-23H2,1-5H3,(H,39,43)(H,44,45). The van der Waals surface area contributed by atoms with Gasteiger partial charge in [-0.05, 0) is 47.4 Å². The number of rotatable bonds is 14. The number of hydrogen-bond donors (Lipinski definition) is 2. The van der Waals surface area contributed by atoms with Gasteiger partial charge in [-0.25, -0.2) is 23.5 Å². The van der Waals surface area contributed by atoms with Crippen molar-refractivity contribution >= 4 is 28.7 Å². The van der Waals surface area contributed by atoms with Crippen LogP contribution in [0.4, 0.5) is 11.5 Å². The SMILES string of the molecule is COc1ccccc1CNC(=O)CCOc1nc(-c2ncccn2)nc(N(c2ccc(C(C)(C)C)cc2)S(=O)O)c1Oc1ccccc1OC. The second-order valence-electron chi connectivity index (χ2n) is 11.8. The fourth-order valence-corrected chi connectivity index (χ4v) is 5.40. The number of anilines is 2. The lowest BCUT2D eigenvalue weighted by Gasteiger charge is -2.25. The zero-order valence-electron chi connectivity index (χ0n) is 28.3. The Labute approximate surface area is 293 Å². The fraction of sp³-hybridized carbons (Fsp3) is 0.250. The van der Waals surface area contributed by atoms with E-state index in [2.05, 4.69) is 46.0 Å². The van der Waals surface area contributed by atoms with Crippen molar-refractivity contribution in [3.8, 4) is 40.5 Å². The number of nitrogens with one attached hydrogen (secondary N) is 1. The Morgan fingerprint density at radius 3 is 2.12 bits per heavy atom. The summed E-state index contributed by atoms with van der Waals surface area (Å²) in [7, 11) is 3.06. The normalized spacial score (nSPS) is 11.7. The largest absolute Gasteiger partial charge is 0.496 e. The van der Waals surface area contributed by atoms with Crippen LogP contribution in [0.25, 0.3) is 11.6 Å². The van der Waals surface area contributed by atoms with E-state index in [-0.39, 0.29) is 65.7 Å². The summed E-state index contributed by atoms with van der Waals surface area (Å²) in [6.07, 6.45) is 2.98. The van der Waals surface area contributed by atoms with Crippen LogP contribution in [-0.2, 0) is 28.0 Å². The van der Waals surface area contributed by atoms with Crippen LogP contribution < -0.4 is 28.6 Å². The Balaban J connectivity index is 1.56. The van der Waals surface area contributed by atoms with Crippen molar-refractivity contribution in [2.24, 2.45) is 0 Å². The maximum Gasteiger partial charge on any atom is 0.268 e. The van der Waals surface area contributed by atoms with Crippen molar-refractivity contribution in [2.75, 3.05) is 25.1 Å². The van der Waals surface area contributed by atoms with Gasteiger partial charge in [0, 0.05) is 24.5 Å². The summed E-state index contributed by atoms with van der Waals surface area (Å²) in [5, 5.41) is 2.87. The van der Waals surface area contributed by atoms with Gasteiger partial charge in [0.15, 0.2) is 23.1 Å². The molecule has 1 atom stereocenters. The molecule has 0 aliphatic carbocycles. The molecule has 13 nitrogen and oxygen atoms in total. The van der Waals surface area contributed by atoms with Gasteiger partial charge in [0.2, 0.25) is 17.5 Å². The predicted molar refractivity (Wildman–Crippen MR) is 189 cm³/mol. The zero-order valence-corrected chi connectivity index (χ0v) is 29.1. The summed E-state index contributed by atoms with van der Waals surface area (Å²) in [5.74, 6) is 0.777. The van der Waals surface area contributed by atoms with Crippen LogP contribution in [0, 0.1) is 0 Å². The van der Waals surface area contributed by atoms with Gasteiger partial charge >= 0.3 is 0 Å². The van der Waals surface area contributed by atoms with Crippen molar-refractivity contribution in [1.29, 1.82) is 0 Å². The van der Waals surface area contributed by atoms with E-state index < -0.39 is 11.3 Å². The molecule has 0 radical (unpaired) electrons. The summed E-state index contributed by atoms with van der Waals surface area (Å²) in [4.78, 5) is 30.7. The smallest absolute Gasteiger partial charge is 0.268 e. The molecule has 0 fully saturated rings. The summed E-state index contributed by atoms with van der Waals surface area (Å²) in [6.45, 7) is 6.34. The first-order valence-corrected chi connectivity index (χ1v) is 16.7. The van der Waals surface area contributed by atoms with E-state index in [1.165, 1.54) is 19.5 Å². The minimum Gasteiger partial charge on any atom is -0.496 e. The topological polar surface area (TPSA) is 158 Å². The molecule has 14 heteroatoms. The molecule has 0 aliphatic rings. The van der Waals surface area contributed by atoms with Crippen molar-refractivity contribution in [1.82, 2.24) is 25.3 Å². The monoisotopic (exact) mass is 698 g/mol. The molecule has 0 spiro atoms. The second-order valence-corrected chi connectivity index (χ2v) is 12.7. The van der Waals surface area contributed by atoms with Crippen LogP contribution in [0.5, 0.6) is 28.9 Å². The first-order chi connectivity index (χ1) is 24.1. The minimum atomic E-state index is -2.66. The number of para-hydroxylation sites is 3. The van der Waals surface area contributed by atoms with Gasteiger partial charge in [-0.15, -0.1) is 0 Å². The molecule has 5 rings (SSSR count). The molecule has 0 aliphatic heterocycles. The number of aromatic nitrogens is 4. The van der Waals surface area contributed by atoms with Crippen molar-refractivity contribution in [3.05, 3.63) is 102 Å². The molecule has 2 N–H and O–H groups in total. The molecular formula is C36H38N6O7S. The molecule has 50 heavy (non-hydrogen) atoms. The van der Waals surface area contributed by atoms with Crippen LogP contribution in [0.15, 0.2) is 91.3 Å². The number of benzene rings is 3. The van der Waals surface area contributed by atoms with Crippen molar-refractivity contribution in [3.63, 3.8) is 0 Å². The van der Waals surface area contributed by atoms with E-state index in [0.717, 1.165) is 15.4 Å². The highest BCUT2D eigenvalue weighted by molar-refractivity contribution is 7.81. The lowest BCUT2D eigenvalue weighted by atomic mass is 9.87. The Kier molecular flexibility index (Phi) is 11.6. The number of nitrogens with zero attached hydrogens (tertiary/aromatic N) is 5. The summed E-state index contributed by atoms with van der Waals surface area (Å²) in [5.41, 5.74) is 2.01. The number of amides is 1. The van der Waals surface area contributed by atoms with E-state index in [1.54, 1.807) is 49.6 Å². The average Bonchev–Trinajstić information content (AvgIpc) is 3.12. The van der Waals surface area contributed by atoms with Gasteiger partial charge in [-0.2, -0.15) is 4.98 Å². The minimum absolute atomic E-state index is 0.00892. The zero-order chi connectivity index (χ0) is 35.7. The molecule has 0 saturated carbocycles. The van der Waals surface area contributed by atoms with Gasteiger partial charge in [0.1, 0.15) is 5.75 Å². The molecule has 0 bridgehead atoms. The molecule has 1 amide bonds. The van der Waals surface area contributed by atoms with Gasteiger partial charge in [0.05, 0.1) is 32.9 Å². The fourth-order valence-electron chi connectivity index (χ4n) is 4.83. The van der Waals surface area contributed by atoms with E-state index in [0.29, 0.717) is 17.2 Å². The summed E-state index contributed by atoms with van der Waals surface area (Å²) >= 11 is -2.66. The molecule has 2 aromatic heterocycles. The number of hydrogen-bond acceptors (Lipinski definition) is 10. The predicted octanol–water partition coefficient (Wildman–Crippen LogP) is 6.40. The lowest BCUT2D eigenvalue weighted by molar-refractivity contribution is -0.121. The number of methoxy groups -OCH3 is 2. The van der Waals surface area contributed by atoms with Crippen molar-refractivity contribution < 1.29 is 32.5 Å². The third-order valence-corrected chi connectivity index (χ3v) is 8.11. The average molecular weight is 699 g/mol. The van der Waals surface area contributed by atoms with Crippen LogP contribution in [-0.4, -0.2) is 55.4 Å². The highest BCUT2D eigenvalue weighted by atomic mass is 32.2. The van der Waals surface area contributed by atoms with Crippen molar-refractivity contribution in [2.45, 2.75) is 39.2 Å². The van der Waals surface area contributed by atoms with Crippen LogP contribution >= 0.6 is 0 Å². The van der Waals surface area contributed by atoms with Crippen LogP contribution in [0.1, 0.15) is 38.3 Å². The van der Waals surface area contributed by atoms with Gasteiger partial charge < -0.3 is 24.3 Å². The lowest BCUT2D eigenvalue weighted by Crippen LogP contribution is -2.25. The maximum atomic E-state index is 13.2. The first-order valence-electron chi connectivity index (χ1n) is 15.6. The molecule has 5 aromatic rings. The molecular weight excluding hydrogens is 660 g/mol. The Morgan fingerprint density at radius 1 is 0.840 bits per heavy atom. The van der Waals surface area contributed by atoms with Gasteiger partial charge in [-0.1, -0.05) is 63.2 Å². The Hall–Kier alpha value is -5.60. The highest BCUT2D eigenvalue weighted by Gasteiger charge is 2.30. The number of carbonyl (C=O) groups is 1. The van der Waals surface area contributed by atoms with E-state index in [9.17, 15) is 13.6 Å². The maximum absolute atomic E-state index is 13.2. The molecule has 0 saturated heterocycles. The van der Waals surface area contributed by atoms with E-state index in [4.69, 9.17) is 18.9 Å². The van der Waals surface area contributed by atoms with Crippen LogP contribution in [0.3, 0.4) is 0 Å². The first kappa shape index (κ1) is 35.7. The van der Waals surface area contributed by atoms with Gasteiger partial charge in [-0.3, -0.25) is 9.35 Å². The van der Waals surface area contributed by atoms with E-state index in [1.807, 2.05) is 36.4 Å². The summed E-state index contributed by atoms with van der Waals surface area (Å²) < 4.78 is 48.4. The second kappa shape index (κ2) is 16.2. The van der Waals surface area contributed by atoms with E-state index >= 15 is 0 Å². The Morgan fingerprint density at radius 2 is 1.48 bits per heavy atom.